The lowest BCUT2D eigenvalue weighted by Crippen LogP contribution is -2.15. The molecular weight excluding hydrogens is 200 g/mol. The molecule has 1 saturated carbocycles. The van der Waals surface area contributed by atoms with E-state index in [-0.39, 0.29) is 0 Å². The fourth-order valence-electron chi connectivity index (χ4n) is 1.85. The summed E-state index contributed by atoms with van der Waals surface area (Å²) in [5.74, 6) is 2.74. The number of halogens is 1. The molecule has 0 aromatic carbocycles. The summed E-state index contributed by atoms with van der Waals surface area (Å²) in [6, 6.07) is 0. The van der Waals surface area contributed by atoms with Gasteiger partial charge < -0.3 is 0 Å². The average molecular weight is 219 g/mol. The van der Waals surface area contributed by atoms with Crippen LogP contribution >= 0.6 is 23.4 Å². The minimum absolute atomic E-state index is 0.654. The largest absolute Gasteiger partial charge is 0.154 e. The smallest absolute Gasteiger partial charge is 0.0404 e. The molecule has 2 atom stereocenters. The number of hydrogen-bond acceptors (Lipinski definition) is 1. The first-order valence-corrected chi connectivity index (χ1v) is 6.74. The van der Waals surface area contributed by atoms with E-state index in [2.05, 4.69) is 24.8 Å². The highest BCUT2D eigenvalue weighted by Gasteiger charge is 2.18. The summed E-state index contributed by atoms with van der Waals surface area (Å²) in [7, 11) is 0. The highest BCUT2D eigenvalue weighted by Crippen LogP contribution is 2.31. The van der Waals surface area contributed by atoms with Crippen LogP contribution in [0.15, 0.2) is 12.2 Å². The maximum absolute atomic E-state index is 5.55. The van der Waals surface area contributed by atoms with Gasteiger partial charge in [0.1, 0.15) is 0 Å². The normalized spacial score (nSPS) is 29.7. The summed E-state index contributed by atoms with van der Waals surface area (Å²) in [4.78, 5) is 0. The summed E-state index contributed by atoms with van der Waals surface area (Å²) in [6.45, 7) is 2.38. The van der Waals surface area contributed by atoms with Crippen LogP contribution in [0, 0.1) is 5.92 Å². The third-order valence-corrected chi connectivity index (χ3v) is 4.03. The van der Waals surface area contributed by atoms with Crippen molar-refractivity contribution in [2.45, 2.75) is 37.9 Å². The third kappa shape index (κ3) is 4.97. The molecule has 0 aromatic rings. The van der Waals surface area contributed by atoms with Gasteiger partial charge in [0.2, 0.25) is 0 Å². The molecule has 1 fully saturated rings. The first kappa shape index (κ1) is 11.5. The number of alkyl halides is 1. The fraction of sp³-hybridized carbons (Fsp3) is 0.818. The number of hydrogen-bond donors (Lipinski definition) is 0. The Morgan fingerprint density at radius 1 is 1.38 bits per heavy atom. The van der Waals surface area contributed by atoms with Gasteiger partial charge in [-0.15, -0.1) is 11.6 Å². The molecule has 2 heteroatoms. The Balaban J connectivity index is 2.10. The predicted molar refractivity (Wildman–Crippen MR) is 63.7 cm³/mol. The monoisotopic (exact) mass is 218 g/mol. The molecular formula is C11H19ClS. The Bertz CT molecular complexity index is 156. The highest BCUT2D eigenvalue weighted by molar-refractivity contribution is 8.00. The molecule has 0 N–H and O–H groups in total. The molecule has 0 radical (unpaired) electrons. The Morgan fingerprint density at radius 3 is 2.92 bits per heavy atom. The number of rotatable bonds is 4. The van der Waals surface area contributed by atoms with E-state index >= 15 is 0 Å². The van der Waals surface area contributed by atoms with Gasteiger partial charge in [-0.3, -0.25) is 0 Å². The molecule has 0 heterocycles. The first-order chi connectivity index (χ1) is 6.33. The van der Waals surface area contributed by atoms with E-state index in [9.17, 15) is 0 Å². The van der Waals surface area contributed by atoms with E-state index in [1.54, 1.807) is 0 Å². The molecule has 76 valence electrons. The number of thioether (sulfide) groups is 1. The topological polar surface area (TPSA) is 0 Å². The Kier molecular flexibility index (Phi) is 5.97. The van der Waals surface area contributed by atoms with Crippen molar-refractivity contribution in [3.05, 3.63) is 12.2 Å². The summed E-state index contributed by atoms with van der Waals surface area (Å²) in [5.41, 5.74) is 0. The van der Waals surface area contributed by atoms with Gasteiger partial charge in [-0.05, 0) is 18.8 Å². The maximum Gasteiger partial charge on any atom is 0.0404 e. The van der Waals surface area contributed by atoms with Crippen LogP contribution in [0.3, 0.4) is 0 Å². The molecule has 1 rings (SSSR count). The molecule has 0 aliphatic heterocycles. The zero-order valence-corrected chi connectivity index (χ0v) is 9.91. The predicted octanol–water partition coefficient (Wildman–Crippen LogP) is 4.09. The second kappa shape index (κ2) is 6.78. The molecule has 0 nitrogen and oxygen atoms in total. The van der Waals surface area contributed by atoms with E-state index in [0.29, 0.717) is 5.88 Å². The minimum atomic E-state index is 0.654. The average Bonchev–Trinajstić information content (AvgIpc) is 2.13. The van der Waals surface area contributed by atoms with Crippen LogP contribution in [0.2, 0.25) is 0 Å². The van der Waals surface area contributed by atoms with Crippen molar-refractivity contribution in [2.75, 3.05) is 11.6 Å². The second-order valence-electron chi connectivity index (χ2n) is 3.85. The van der Waals surface area contributed by atoms with Crippen LogP contribution in [0.25, 0.3) is 0 Å². The lowest BCUT2D eigenvalue weighted by atomic mass is 9.91. The maximum atomic E-state index is 5.55. The van der Waals surface area contributed by atoms with Crippen LogP contribution in [0.4, 0.5) is 0 Å². The Hall–Kier alpha value is 0.380. The van der Waals surface area contributed by atoms with E-state index in [1.165, 1.54) is 25.7 Å². The lowest BCUT2D eigenvalue weighted by molar-refractivity contribution is 0.394. The third-order valence-electron chi connectivity index (χ3n) is 2.57. The molecule has 0 amide bonds. The summed E-state index contributed by atoms with van der Waals surface area (Å²) < 4.78 is 0. The van der Waals surface area contributed by atoms with Crippen molar-refractivity contribution in [1.29, 1.82) is 0 Å². The SMILES string of the molecule is CC1CCCC(SCC=CCCl)C1. The van der Waals surface area contributed by atoms with Gasteiger partial charge in [-0.1, -0.05) is 31.9 Å². The van der Waals surface area contributed by atoms with Gasteiger partial charge in [0.15, 0.2) is 0 Å². The Morgan fingerprint density at radius 2 is 2.23 bits per heavy atom. The van der Waals surface area contributed by atoms with Crippen molar-refractivity contribution >= 4 is 23.4 Å². The fourth-order valence-corrected chi connectivity index (χ4v) is 3.30. The van der Waals surface area contributed by atoms with Gasteiger partial charge in [-0.2, -0.15) is 11.8 Å². The zero-order chi connectivity index (χ0) is 9.52. The highest BCUT2D eigenvalue weighted by atomic mass is 35.5. The van der Waals surface area contributed by atoms with E-state index in [0.717, 1.165) is 16.9 Å². The van der Waals surface area contributed by atoms with Crippen molar-refractivity contribution in [1.82, 2.24) is 0 Å². The van der Waals surface area contributed by atoms with Gasteiger partial charge in [0, 0.05) is 16.9 Å². The molecule has 13 heavy (non-hydrogen) atoms. The zero-order valence-electron chi connectivity index (χ0n) is 8.34. The van der Waals surface area contributed by atoms with Crippen LogP contribution in [0.5, 0.6) is 0 Å². The quantitative estimate of drug-likeness (QED) is 0.506. The van der Waals surface area contributed by atoms with E-state index in [4.69, 9.17) is 11.6 Å². The lowest BCUT2D eigenvalue weighted by Gasteiger charge is -2.25. The van der Waals surface area contributed by atoms with Gasteiger partial charge in [-0.25, -0.2) is 0 Å². The van der Waals surface area contributed by atoms with Gasteiger partial charge >= 0.3 is 0 Å². The van der Waals surface area contributed by atoms with E-state index < -0.39 is 0 Å². The van der Waals surface area contributed by atoms with Crippen LogP contribution < -0.4 is 0 Å². The van der Waals surface area contributed by atoms with Crippen LogP contribution in [0.1, 0.15) is 32.6 Å². The summed E-state index contributed by atoms with van der Waals surface area (Å²) in [5, 5.41) is 0.906. The van der Waals surface area contributed by atoms with Gasteiger partial charge in [0.25, 0.3) is 0 Å². The first-order valence-electron chi connectivity index (χ1n) is 5.15. The van der Waals surface area contributed by atoms with Crippen molar-refractivity contribution in [3.8, 4) is 0 Å². The molecule has 0 aromatic heterocycles. The minimum Gasteiger partial charge on any atom is -0.154 e. The van der Waals surface area contributed by atoms with E-state index in [1.807, 2.05) is 6.08 Å². The molecule has 0 bridgehead atoms. The molecule has 1 aliphatic carbocycles. The van der Waals surface area contributed by atoms with Gasteiger partial charge in [0.05, 0.1) is 0 Å². The summed E-state index contributed by atoms with van der Waals surface area (Å²) >= 11 is 7.65. The van der Waals surface area contributed by atoms with Crippen molar-refractivity contribution < 1.29 is 0 Å². The number of allylic oxidation sites excluding steroid dienone is 1. The van der Waals surface area contributed by atoms with Crippen LogP contribution in [-0.2, 0) is 0 Å². The molecule has 2 unspecified atom stereocenters. The second-order valence-corrected chi connectivity index (χ2v) is 5.49. The van der Waals surface area contributed by atoms with Crippen molar-refractivity contribution in [2.24, 2.45) is 5.92 Å². The summed E-state index contributed by atoms with van der Waals surface area (Å²) in [6.07, 6.45) is 9.94. The van der Waals surface area contributed by atoms with Crippen LogP contribution in [-0.4, -0.2) is 16.9 Å². The standard InChI is InChI=1S/C11H19ClS/c1-10-5-4-6-11(9-10)13-8-3-2-7-12/h2-3,10-11H,4-9H2,1H3. The molecule has 1 aliphatic rings. The van der Waals surface area contributed by atoms with Crippen molar-refractivity contribution in [3.63, 3.8) is 0 Å². The molecule has 0 saturated heterocycles. The Labute approximate surface area is 91.1 Å². The molecule has 0 spiro atoms.